The van der Waals surface area contributed by atoms with E-state index in [0.717, 1.165) is 17.7 Å². The number of hydrogen-bond acceptors (Lipinski definition) is 3. The Morgan fingerprint density at radius 1 is 1.09 bits per heavy atom. The molecule has 2 aliphatic rings. The molecule has 32 heavy (non-hydrogen) atoms. The number of rotatable bonds is 5. The van der Waals surface area contributed by atoms with Crippen LogP contribution in [-0.2, 0) is 0 Å². The van der Waals surface area contributed by atoms with Crippen LogP contribution in [0, 0.1) is 12.8 Å². The second-order valence-electron chi connectivity index (χ2n) is 8.54. The number of fused-ring (bicyclic) bond motifs is 3. The van der Waals surface area contributed by atoms with Crippen molar-refractivity contribution in [3.63, 3.8) is 0 Å². The van der Waals surface area contributed by atoms with Gasteiger partial charge in [-0.15, -0.1) is 0 Å². The molecule has 5 rings (SSSR count). The van der Waals surface area contributed by atoms with Crippen molar-refractivity contribution in [2.75, 3.05) is 11.9 Å². The van der Waals surface area contributed by atoms with Gasteiger partial charge in [0.1, 0.15) is 5.75 Å². The van der Waals surface area contributed by atoms with Crippen molar-refractivity contribution in [3.8, 4) is 5.75 Å². The van der Waals surface area contributed by atoms with Crippen molar-refractivity contribution in [2.24, 2.45) is 10.9 Å². The summed E-state index contributed by atoms with van der Waals surface area (Å²) in [6.45, 7) is 4.71. The standard InChI is InChI=1S/C28H27ClN2O/c1-3-32-27-14-8-19(16-25(27)29)17-30-21-11-9-20(10-12-21)28-23-6-4-5-22(23)24-15-18(2)7-13-26(24)31-28/h4-5,7-17,22-23,28,31H,3,6H2,1-2H3/t22-,23+,28-/m0/s1. The van der Waals surface area contributed by atoms with E-state index in [1.54, 1.807) is 0 Å². The first-order valence-corrected chi connectivity index (χ1v) is 11.6. The third kappa shape index (κ3) is 4.05. The molecule has 1 aliphatic heterocycles. The van der Waals surface area contributed by atoms with Crippen LogP contribution < -0.4 is 10.1 Å². The van der Waals surface area contributed by atoms with Crippen molar-refractivity contribution in [1.82, 2.24) is 0 Å². The van der Waals surface area contributed by atoms with Gasteiger partial charge in [0.15, 0.2) is 0 Å². The van der Waals surface area contributed by atoms with E-state index in [-0.39, 0.29) is 0 Å². The number of benzene rings is 3. The zero-order chi connectivity index (χ0) is 22.1. The van der Waals surface area contributed by atoms with E-state index in [2.05, 4.69) is 71.8 Å². The van der Waals surface area contributed by atoms with Crippen molar-refractivity contribution in [1.29, 1.82) is 0 Å². The Bertz CT molecular complexity index is 1180. The Morgan fingerprint density at radius 3 is 2.72 bits per heavy atom. The first kappa shape index (κ1) is 20.8. The first-order valence-electron chi connectivity index (χ1n) is 11.2. The minimum absolute atomic E-state index is 0.299. The minimum Gasteiger partial charge on any atom is -0.492 e. The molecule has 3 aromatic carbocycles. The molecule has 0 bridgehead atoms. The van der Waals surface area contributed by atoms with Gasteiger partial charge in [-0.25, -0.2) is 0 Å². The van der Waals surface area contributed by atoms with Crippen LogP contribution in [0.3, 0.4) is 0 Å². The summed E-state index contributed by atoms with van der Waals surface area (Å²) < 4.78 is 5.50. The number of nitrogens with zero attached hydrogens (tertiary/aromatic N) is 1. The van der Waals surface area contributed by atoms with E-state index in [4.69, 9.17) is 16.3 Å². The fourth-order valence-electron chi connectivity index (χ4n) is 4.83. The van der Waals surface area contributed by atoms with E-state index in [1.165, 1.54) is 22.4 Å². The molecular formula is C28H27ClN2O. The second kappa shape index (κ2) is 8.84. The number of ether oxygens (including phenoxy) is 1. The van der Waals surface area contributed by atoms with Crippen LogP contribution in [0.1, 0.15) is 47.6 Å². The number of hydrogen-bond donors (Lipinski definition) is 1. The van der Waals surface area contributed by atoms with E-state index < -0.39 is 0 Å². The molecular weight excluding hydrogens is 416 g/mol. The van der Waals surface area contributed by atoms with Gasteiger partial charge in [0, 0.05) is 17.8 Å². The highest BCUT2D eigenvalue weighted by molar-refractivity contribution is 6.32. The van der Waals surface area contributed by atoms with E-state index in [0.29, 0.717) is 35.3 Å². The molecule has 0 radical (unpaired) electrons. The van der Waals surface area contributed by atoms with Crippen LogP contribution >= 0.6 is 11.6 Å². The summed E-state index contributed by atoms with van der Waals surface area (Å²) in [5.41, 5.74) is 7.17. The summed E-state index contributed by atoms with van der Waals surface area (Å²) in [5.74, 6) is 1.73. The predicted molar refractivity (Wildman–Crippen MR) is 134 cm³/mol. The van der Waals surface area contributed by atoms with Gasteiger partial charge < -0.3 is 10.1 Å². The maximum Gasteiger partial charge on any atom is 0.137 e. The topological polar surface area (TPSA) is 33.6 Å². The molecule has 0 spiro atoms. The summed E-state index contributed by atoms with van der Waals surface area (Å²) in [6.07, 6.45) is 7.67. The van der Waals surface area contributed by atoms with Crippen LogP contribution in [-0.4, -0.2) is 12.8 Å². The molecule has 3 nitrogen and oxygen atoms in total. The maximum absolute atomic E-state index is 6.29. The molecule has 4 heteroatoms. The number of nitrogens with one attached hydrogen (secondary N) is 1. The SMILES string of the molecule is CCOc1ccc(C=Nc2ccc([C@@H]3Nc4ccc(C)cc4[C@H]4C=CC[C@H]43)cc2)cc1Cl. The third-order valence-electron chi connectivity index (χ3n) is 6.39. The Morgan fingerprint density at radius 2 is 1.94 bits per heavy atom. The van der Waals surface area contributed by atoms with Gasteiger partial charge in [-0.3, -0.25) is 4.99 Å². The molecule has 0 saturated carbocycles. The number of allylic oxidation sites excluding steroid dienone is 2. The zero-order valence-electron chi connectivity index (χ0n) is 18.4. The number of halogens is 1. The fourth-order valence-corrected chi connectivity index (χ4v) is 5.07. The van der Waals surface area contributed by atoms with Crippen LogP contribution in [0.2, 0.25) is 5.02 Å². The van der Waals surface area contributed by atoms with Crippen molar-refractivity contribution in [3.05, 3.63) is 100 Å². The van der Waals surface area contributed by atoms with E-state index in [1.807, 2.05) is 31.3 Å². The smallest absolute Gasteiger partial charge is 0.137 e. The molecule has 0 amide bonds. The zero-order valence-corrected chi connectivity index (χ0v) is 19.1. The summed E-state index contributed by atoms with van der Waals surface area (Å²) in [7, 11) is 0. The molecule has 3 atom stereocenters. The Hall–Kier alpha value is -3.04. The monoisotopic (exact) mass is 442 g/mol. The number of aryl methyl sites for hydroxylation is 1. The molecule has 3 aromatic rings. The molecule has 0 aromatic heterocycles. The average molecular weight is 443 g/mol. The van der Waals surface area contributed by atoms with Crippen molar-refractivity contribution < 1.29 is 4.74 Å². The van der Waals surface area contributed by atoms with Crippen LogP contribution in [0.25, 0.3) is 0 Å². The number of aliphatic imine (C=N–C) groups is 1. The van der Waals surface area contributed by atoms with Gasteiger partial charge in [-0.1, -0.05) is 53.6 Å². The fraction of sp³-hybridized carbons (Fsp3) is 0.250. The quantitative estimate of drug-likeness (QED) is 0.325. The average Bonchev–Trinajstić information content (AvgIpc) is 3.30. The lowest BCUT2D eigenvalue weighted by atomic mass is 9.76. The summed E-state index contributed by atoms with van der Waals surface area (Å²) in [6, 6.07) is 21.3. The van der Waals surface area contributed by atoms with Crippen LogP contribution in [0.4, 0.5) is 11.4 Å². The van der Waals surface area contributed by atoms with Gasteiger partial charge in [0.25, 0.3) is 0 Å². The van der Waals surface area contributed by atoms with Gasteiger partial charge in [0.2, 0.25) is 0 Å². The second-order valence-corrected chi connectivity index (χ2v) is 8.95. The molecule has 0 fully saturated rings. The highest BCUT2D eigenvalue weighted by Gasteiger charge is 2.37. The van der Waals surface area contributed by atoms with Crippen molar-refractivity contribution >= 4 is 29.2 Å². The van der Waals surface area contributed by atoms with Crippen molar-refractivity contribution in [2.45, 2.75) is 32.2 Å². The largest absolute Gasteiger partial charge is 0.492 e. The van der Waals surface area contributed by atoms with Crippen LogP contribution in [0.15, 0.2) is 77.8 Å². The Kier molecular flexibility index (Phi) is 5.75. The minimum atomic E-state index is 0.299. The summed E-state index contributed by atoms with van der Waals surface area (Å²) in [5, 5.41) is 4.41. The summed E-state index contributed by atoms with van der Waals surface area (Å²) >= 11 is 6.29. The summed E-state index contributed by atoms with van der Waals surface area (Å²) in [4.78, 5) is 4.63. The van der Waals surface area contributed by atoms with Gasteiger partial charge in [-0.2, -0.15) is 0 Å². The third-order valence-corrected chi connectivity index (χ3v) is 6.68. The Balaban J connectivity index is 1.34. The predicted octanol–water partition coefficient (Wildman–Crippen LogP) is 7.62. The Labute approximate surface area is 194 Å². The molecule has 1 N–H and O–H groups in total. The molecule has 162 valence electrons. The molecule has 1 aliphatic carbocycles. The highest BCUT2D eigenvalue weighted by Crippen LogP contribution is 2.50. The van der Waals surface area contributed by atoms with Gasteiger partial charge >= 0.3 is 0 Å². The lowest BCUT2D eigenvalue weighted by Gasteiger charge is -2.37. The normalized spacial score (nSPS) is 21.3. The maximum atomic E-state index is 6.29. The van der Waals surface area contributed by atoms with Gasteiger partial charge in [-0.05, 0) is 79.3 Å². The van der Waals surface area contributed by atoms with E-state index >= 15 is 0 Å². The highest BCUT2D eigenvalue weighted by atomic mass is 35.5. The molecule has 0 saturated heterocycles. The number of anilines is 1. The molecule has 0 unspecified atom stereocenters. The lowest BCUT2D eigenvalue weighted by molar-refractivity contribution is 0.340. The molecule has 1 heterocycles. The van der Waals surface area contributed by atoms with Crippen LogP contribution in [0.5, 0.6) is 5.75 Å². The first-order chi connectivity index (χ1) is 15.6. The lowest BCUT2D eigenvalue weighted by Crippen LogP contribution is -2.29. The van der Waals surface area contributed by atoms with Gasteiger partial charge in [0.05, 0.1) is 23.4 Å². The van der Waals surface area contributed by atoms with E-state index in [9.17, 15) is 0 Å².